The van der Waals surface area contributed by atoms with Gasteiger partial charge in [-0.3, -0.25) is 4.79 Å². The first-order valence-electron chi connectivity index (χ1n) is 5.84. The highest BCUT2D eigenvalue weighted by Crippen LogP contribution is 2.41. The van der Waals surface area contributed by atoms with E-state index in [9.17, 15) is 13.2 Å². The van der Waals surface area contributed by atoms with Crippen molar-refractivity contribution in [1.29, 1.82) is 0 Å². The van der Waals surface area contributed by atoms with Gasteiger partial charge in [-0.25, -0.2) is 8.42 Å². The number of carbonyl (C=O) groups excluding carboxylic acids is 1. The van der Waals surface area contributed by atoms with E-state index in [4.69, 9.17) is 10.9 Å². The highest BCUT2D eigenvalue weighted by atomic mass is 32.2. The Morgan fingerprint density at radius 1 is 1.50 bits per heavy atom. The van der Waals surface area contributed by atoms with Crippen LogP contribution in [-0.2, 0) is 14.6 Å². The molecule has 1 fully saturated rings. The molecule has 0 unspecified atom stereocenters. The molecule has 18 heavy (non-hydrogen) atoms. The standard InChI is InChI=1S/C10H19N3O4S/c1-2-18(16,17)7-6-12-9(14)10(4-3-5-10)8(11)13-15/h15H,2-7H2,1H3,(H2,11,13)(H,12,14). The van der Waals surface area contributed by atoms with Crippen LogP contribution in [0.2, 0.25) is 0 Å². The zero-order chi connectivity index (χ0) is 13.8. The smallest absolute Gasteiger partial charge is 0.233 e. The highest BCUT2D eigenvalue weighted by molar-refractivity contribution is 7.91. The monoisotopic (exact) mass is 277 g/mol. The fourth-order valence-corrected chi connectivity index (χ4v) is 2.56. The molecule has 0 heterocycles. The summed E-state index contributed by atoms with van der Waals surface area (Å²) in [5.74, 6) is -0.518. The first kappa shape index (κ1) is 14.7. The molecule has 0 atom stereocenters. The van der Waals surface area contributed by atoms with Crippen LogP contribution in [0.1, 0.15) is 26.2 Å². The number of sulfone groups is 1. The van der Waals surface area contributed by atoms with Crippen molar-refractivity contribution in [2.45, 2.75) is 26.2 Å². The van der Waals surface area contributed by atoms with E-state index in [0.29, 0.717) is 12.8 Å². The van der Waals surface area contributed by atoms with Gasteiger partial charge in [0.25, 0.3) is 0 Å². The summed E-state index contributed by atoms with van der Waals surface area (Å²) in [4.78, 5) is 11.9. The number of hydrogen-bond acceptors (Lipinski definition) is 5. The largest absolute Gasteiger partial charge is 0.409 e. The molecule has 0 saturated heterocycles. The van der Waals surface area contributed by atoms with Crippen LogP contribution in [0.5, 0.6) is 0 Å². The molecule has 1 saturated carbocycles. The summed E-state index contributed by atoms with van der Waals surface area (Å²) >= 11 is 0. The molecule has 0 bridgehead atoms. The molecular formula is C10H19N3O4S. The molecule has 7 nitrogen and oxygen atoms in total. The van der Waals surface area contributed by atoms with Gasteiger partial charge in [0.05, 0.1) is 5.75 Å². The molecule has 104 valence electrons. The van der Waals surface area contributed by atoms with Crippen molar-refractivity contribution >= 4 is 21.6 Å². The molecule has 1 rings (SSSR count). The number of nitrogens with zero attached hydrogens (tertiary/aromatic N) is 1. The third-order valence-electron chi connectivity index (χ3n) is 3.38. The van der Waals surface area contributed by atoms with Crippen molar-refractivity contribution in [1.82, 2.24) is 5.32 Å². The normalized spacial score (nSPS) is 19.1. The van der Waals surface area contributed by atoms with Gasteiger partial charge in [-0.15, -0.1) is 0 Å². The van der Waals surface area contributed by atoms with Gasteiger partial charge in [-0.2, -0.15) is 0 Å². The van der Waals surface area contributed by atoms with Crippen LogP contribution in [0.4, 0.5) is 0 Å². The predicted octanol–water partition coefficient (Wildman–Crippen LogP) is -0.546. The molecule has 0 aromatic carbocycles. The second-order valence-corrected chi connectivity index (χ2v) is 6.89. The minimum Gasteiger partial charge on any atom is -0.409 e. The van der Waals surface area contributed by atoms with Gasteiger partial charge in [-0.1, -0.05) is 18.5 Å². The Morgan fingerprint density at radius 3 is 2.50 bits per heavy atom. The average molecular weight is 277 g/mol. The molecule has 0 aromatic heterocycles. The van der Waals surface area contributed by atoms with Crippen molar-refractivity contribution in [2.75, 3.05) is 18.1 Å². The van der Waals surface area contributed by atoms with E-state index in [1.807, 2.05) is 0 Å². The summed E-state index contributed by atoms with van der Waals surface area (Å²) in [7, 11) is -3.10. The Morgan fingerprint density at radius 2 is 2.11 bits per heavy atom. The molecule has 0 aliphatic heterocycles. The zero-order valence-corrected chi connectivity index (χ0v) is 11.2. The van der Waals surface area contributed by atoms with Gasteiger partial charge >= 0.3 is 0 Å². The maximum atomic E-state index is 11.9. The van der Waals surface area contributed by atoms with Gasteiger partial charge in [0.2, 0.25) is 5.91 Å². The molecule has 1 aliphatic rings. The lowest BCUT2D eigenvalue weighted by Gasteiger charge is -2.38. The topological polar surface area (TPSA) is 122 Å². The van der Waals surface area contributed by atoms with Gasteiger partial charge in [-0.05, 0) is 12.8 Å². The first-order chi connectivity index (χ1) is 8.38. The Bertz CT molecular complexity index is 440. The second-order valence-electron chi connectivity index (χ2n) is 4.41. The Kier molecular flexibility index (Phi) is 4.55. The molecule has 1 aliphatic carbocycles. The van der Waals surface area contributed by atoms with Crippen molar-refractivity contribution in [3.8, 4) is 0 Å². The van der Waals surface area contributed by atoms with Crippen molar-refractivity contribution in [2.24, 2.45) is 16.3 Å². The summed E-state index contributed by atoms with van der Waals surface area (Å²) in [5.41, 5.74) is 4.57. The number of amidine groups is 1. The summed E-state index contributed by atoms with van der Waals surface area (Å²) < 4.78 is 22.5. The quantitative estimate of drug-likeness (QED) is 0.260. The summed E-state index contributed by atoms with van der Waals surface area (Å²) in [6.07, 6.45) is 1.88. The molecule has 0 radical (unpaired) electrons. The lowest BCUT2D eigenvalue weighted by molar-refractivity contribution is -0.130. The number of oxime groups is 1. The van der Waals surface area contributed by atoms with E-state index in [1.54, 1.807) is 6.92 Å². The third kappa shape index (κ3) is 2.92. The van der Waals surface area contributed by atoms with Crippen molar-refractivity contribution in [3.63, 3.8) is 0 Å². The molecule has 8 heteroatoms. The van der Waals surface area contributed by atoms with E-state index in [1.165, 1.54) is 0 Å². The van der Waals surface area contributed by atoms with Crippen LogP contribution < -0.4 is 11.1 Å². The summed E-state index contributed by atoms with van der Waals surface area (Å²) in [5, 5.41) is 14.1. The highest BCUT2D eigenvalue weighted by Gasteiger charge is 2.48. The number of carbonyl (C=O) groups is 1. The van der Waals surface area contributed by atoms with Crippen LogP contribution >= 0.6 is 0 Å². The lowest BCUT2D eigenvalue weighted by Crippen LogP contribution is -2.54. The van der Waals surface area contributed by atoms with Crippen LogP contribution in [0.25, 0.3) is 0 Å². The Labute approximate surface area is 106 Å². The maximum absolute atomic E-state index is 11.9. The van der Waals surface area contributed by atoms with Gasteiger partial charge in [0.1, 0.15) is 5.41 Å². The number of amides is 1. The van der Waals surface area contributed by atoms with Crippen LogP contribution in [0.15, 0.2) is 5.16 Å². The van der Waals surface area contributed by atoms with Crippen molar-refractivity contribution in [3.05, 3.63) is 0 Å². The number of nitrogens with one attached hydrogen (secondary N) is 1. The Hall–Kier alpha value is -1.31. The fourth-order valence-electron chi connectivity index (χ4n) is 1.86. The predicted molar refractivity (Wildman–Crippen MR) is 67.0 cm³/mol. The van der Waals surface area contributed by atoms with Crippen LogP contribution in [-0.4, -0.2) is 43.4 Å². The van der Waals surface area contributed by atoms with Gasteiger partial charge < -0.3 is 16.3 Å². The van der Waals surface area contributed by atoms with E-state index in [2.05, 4.69) is 10.5 Å². The van der Waals surface area contributed by atoms with Crippen molar-refractivity contribution < 1.29 is 18.4 Å². The SMILES string of the molecule is CCS(=O)(=O)CCNC(=O)C1(C(N)=NO)CCC1. The maximum Gasteiger partial charge on any atom is 0.233 e. The average Bonchev–Trinajstić information content (AvgIpc) is 2.27. The molecule has 0 aromatic rings. The fraction of sp³-hybridized carbons (Fsp3) is 0.800. The minimum atomic E-state index is -3.10. The van der Waals surface area contributed by atoms with Gasteiger partial charge in [0, 0.05) is 12.3 Å². The van der Waals surface area contributed by atoms with Gasteiger partial charge in [0.15, 0.2) is 15.7 Å². The molecule has 1 amide bonds. The Balaban J connectivity index is 2.55. The van der Waals surface area contributed by atoms with E-state index in [-0.39, 0.29) is 29.8 Å². The summed E-state index contributed by atoms with van der Waals surface area (Å²) in [6.45, 7) is 1.61. The number of rotatable bonds is 6. The third-order valence-corrected chi connectivity index (χ3v) is 5.08. The number of nitrogens with two attached hydrogens (primary N) is 1. The van der Waals surface area contributed by atoms with Crippen LogP contribution in [0, 0.1) is 5.41 Å². The molecular weight excluding hydrogens is 258 g/mol. The zero-order valence-electron chi connectivity index (χ0n) is 10.3. The van der Waals surface area contributed by atoms with E-state index < -0.39 is 15.3 Å². The summed E-state index contributed by atoms with van der Waals surface area (Å²) in [6, 6.07) is 0. The minimum absolute atomic E-state index is 0.0499. The molecule has 0 spiro atoms. The van der Waals surface area contributed by atoms with E-state index in [0.717, 1.165) is 6.42 Å². The number of hydrogen-bond donors (Lipinski definition) is 3. The second kappa shape index (κ2) is 5.55. The first-order valence-corrected chi connectivity index (χ1v) is 7.67. The van der Waals surface area contributed by atoms with Crippen LogP contribution in [0.3, 0.4) is 0 Å². The van der Waals surface area contributed by atoms with E-state index >= 15 is 0 Å². The molecule has 4 N–H and O–H groups in total. The lowest BCUT2D eigenvalue weighted by atomic mass is 9.67.